The summed E-state index contributed by atoms with van der Waals surface area (Å²) in [7, 11) is 0. The van der Waals surface area contributed by atoms with Gasteiger partial charge in [0.1, 0.15) is 0 Å². The van der Waals surface area contributed by atoms with Crippen molar-refractivity contribution in [1.29, 1.82) is 0 Å². The highest BCUT2D eigenvalue weighted by Gasteiger charge is 2.31. The molecule has 0 saturated carbocycles. The molecule has 1 aliphatic rings. The number of imidazole rings is 1. The molecule has 0 radical (unpaired) electrons. The fraction of sp³-hybridized carbons (Fsp3) is 0.500. The molecule has 1 aliphatic heterocycles. The third kappa shape index (κ3) is 1.68. The highest BCUT2D eigenvalue weighted by molar-refractivity contribution is 5.76. The summed E-state index contributed by atoms with van der Waals surface area (Å²) < 4.78 is 1.95. The molecule has 2 aromatic rings. The molecule has 0 amide bonds. The van der Waals surface area contributed by atoms with Crippen molar-refractivity contribution >= 4 is 11.0 Å². The van der Waals surface area contributed by atoms with E-state index in [4.69, 9.17) is 0 Å². The quantitative estimate of drug-likeness (QED) is 0.804. The maximum absolute atomic E-state index is 12.2. The van der Waals surface area contributed by atoms with Gasteiger partial charge in [0, 0.05) is 5.54 Å². The topological polar surface area (TPSA) is 49.8 Å². The van der Waals surface area contributed by atoms with Gasteiger partial charge in [0.05, 0.1) is 11.0 Å². The summed E-state index contributed by atoms with van der Waals surface area (Å²) in [5, 5.41) is 3.36. The van der Waals surface area contributed by atoms with Crippen molar-refractivity contribution in [3.8, 4) is 0 Å². The predicted molar refractivity (Wildman–Crippen MR) is 73.0 cm³/mol. The Hall–Kier alpha value is -1.55. The second-order valence-corrected chi connectivity index (χ2v) is 5.53. The highest BCUT2D eigenvalue weighted by atomic mass is 16.1. The highest BCUT2D eigenvalue weighted by Crippen LogP contribution is 2.28. The van der Waals surface area contributed by atoms with E-state index < -0.39 is 0 Å². The lowest BCUT2D eigenvalue weighted by Crippen LogP contribution is -2.45. The Labute approximate surface area is 106 Å². The summed E-state index contributed by atoms with van der Waals surface area (Å²) in [5.41, 5.74) is 3.09. The first-order chi connectivity index (χ1) is 8.60. The van der Waals surface area contributed by atoms with Gasteiger partial charge in [-0.05, 0) is 57.5 Å². The lowest BCUT2D eigenvalue weighted by atomic mass is 9.90. The summed E-state index contributed by atoms with van der Waals surface area (Å²) in [5.74, 6) is 0. The number of piperidine rings is 1. The molecule has 1 aromatic heterocycles. The molecule has 1 saturated heterocycles. The van der Waals surface area contributed by atoms with Crippen LogP contribution in [0.4, 0.5) is 0 Å². The predicted octanol–water partition coefficient (Wildman–Crippen LogP) is 1.74. The van der Waals surface area contributed by atoms with Crippen molar-refractivity contribution in [3.05, 3.63) is 34.2 Å². The molecule has 0 bridgehead atoms. The van der Waals surface area contributed by atoms with E-state index in [0.717, 1.165) is 37.0 Å². The number of H-pyrrole nitrogens is 1. The number of aromatic nitrogens is 2. The molecule has 4 nitrogen and oxygen atoms in total. The van der Waals surface area contributed by atoms with Crippen LogP contribution in [0.15, 0.2) is 23.0 Å². The van der Waals surface area contributed by atoms with E-state index in [2.05, 4.69) is 30.2 Å². The maximum Gasteiger partial charge on any atom is 0.326 e. The molecule has 18 heavy (non-hydrogen) atoms. The summed E-state index contributed by atoms with van der Waals surface area (Å²) in [6.07, 6.45) is 1.99. The summed E-state index contributed by atoms with van der Waals surface area (Å²) in [6, 6.07) is 6.13. The zero-order chi connectivity index (χ0) is 12.8. The zero-order valence-electron chi connectivity index (χ0n) is 10.9. The molecule has 2 N–H and O–H groups in total. The number of hydrogen-bond donors (Lipinski definition) is 2. The Kier molecular flexibility index (Phi) is 2.55. The van der Waals surface area contributed by atoms with Crippen LogP contribution in [0.2, 0.25) is 0 Å². The van der Waals surface area contributed by atoms with E-state index in [9.17, 15) is 4.79 Å². The van der Waals surface area contributed by atoms with E-state index in [0.29, 0.717) is 0 Å². The Morgan fingerprint density at radius 2 is 2.00 bits per heavy atom. The zero-order valence-corrected chi connectivity index (χ0v) is 10.9. The third-order valence-corrected chi connectivity index (χ3v) is 4.06. The lowest BCUT2D eigenvalue weighted by molar-refractivity contribution is 0.232. The summed E-state index contributed by atoms with van der Waals surface area (Å²) in [6.45, 7) is 6.19. The van der Waals surface area contributed by atoms with Crippen LogP contribution < -0.4 is 11.0 Å². The van der Waals surface area contributed by atoms with Crippen molar-refractivity contribution in [2.75, 3.05) is 13.1 Å². The molecule has 4 heteroatoms. The number of nitrogens with one attached hydrogen (secondary N) is 2. The van der Waals surface area contributed by atoms with Gasteiger partial charge < -0.3 is 10.3 Å². The van der Waals surface area contributed by atoms with Crippen LogP contribution in [0.3, 0.4) is 0 Å². The van der Waals surface area contributed by atoms with Gasteiger partial charge in [-0.25, -0.2) is 4.79 Å². The van der Waals surface area contributed by atoms with E-state index >= 15 is 0 Å². The van der Waals surface area contributed by atoms with Gasteiger partial charge in [-0.1, -0.05) is 6.07 Å². The standard InChI is InChI=1S/C14H19N3O/c1-10-3-4-11-12(9-10)17(13(18)16-11)14(2)5-7-15-8-6-14/h3-4,9,15H,5-8H2,1-2H3,(H,16,18). The molecule has 1 aromatic carbocycles. The van der Waals surface area contributed by atoms with Crippen molar-refractivity contribution in [2.45, 2.75) is 32.2 Å². The van der Waals surface area contributed by atoms with Gasteiger partial charge in [-0.2, -0.15) is 0 Å². The molecular formula is C14H19N3O. The third-order valence-electron chi connectivity index (χ3n) is 4.06. The SMILES string of the molecule is Cc1ccc2[nH]c(=O)n(C3(C)CCNCC3)c2c1. The number of hydrogen-bond acceptors (Lipinski definition) is 2. The number of fused-ring (bicyclic) bond motifs is 1. The second-order valence-electron chi connectivity index (χ2n) is 5.53. The Balaban J connectivity index is 2.24. The van der Waals surface area contributed by atoms with Gasteiger partial charge in [0.2, 0.25) is 0 Å². The first-order valence-electron chi connectivity index (χ1n) is 6.53. The number of aryl methyl sites for hydroxylation is 1. The van der Waals surface area contributed by atoms with Crippen LogP contribution in [0, 0.1) is 6.92 Å². The Morgan fingerprint density at radius 1 is 1.28 bits per heavy atom. The van der Waals surface area contributed by atoms with Crippen LogP contribution in [0.5, 0.6) is 0 Å². The minimum Gasteiger partial charge on any atom is -0.317 e. The fourth-order valence-corrected chi connectivity index (χ4v) is 2.94. The monoisotopic (exact) mass is 245 g/mol. The molecule has 0 unspecified atom stereocenters. The lowest BCUT2D eigenvalue weighted by Gasteiger charge is -2.35. The molecule has 2 heterocycles. The molecule has 0 aliphatic carbocycles. The van der Waals surface area contributed by atoms with Crippen LogP contribution in [0.1, 0.15) is 25.3 Å². The maximum atomic E-state index is 12.2. The van der Waals surface area contributed by atoms with Gasteiger partial charge in [-0.3, -0.25) is 4.57 Å². The Bertz CT molecular complexity index is 632. The van der Waals surface area contributed by atoms with Crippen LogP contribution in [-0.2, 0) is 5.54 Å². The largest absolute Gasteiger partial charge is 0.326 e. The van der Waals surface area contributed by atoms with Crippen LogP contribution >= 0.6 is 0 Å². The van der Waals surface area contributed by atoms with E-state index in [1.807, 2.05) is 16.7 Å². The number of nitrogens with zero attached hydrogens (tertiary/aromatic N) is 1. The van der Waals surface area contributed by atoms with Gasteiger partial charge in [0.25, 0.3) is 0 Å². The van der Waals surface area contributed by atoms with E-state index in [1.54, 1.807) is 0 Å². The molecule has 1 fully saturated rings. The van der Waals surface area contributed by atoms with Crippen molar-refractivity contribution in [2.24, 2.45) is 0 Å². The summed E-state index contributed by atoms with van der Waals surface area (Å²) >= 11 is 0. The van der Waals surface area contributed by atoms with E-state index in [-0.39, 0.29) is 11.2 Å². The second kappa shape index (κ2) is 3.99. The minimum atomic E-state index is -0.0750. The van der Waals surface area contributed by atoms with Crippen LogP contribution in [-0.4, -0.2) is 22.6 Å². The average molecular weight is 245 g/mol. The van der Waals surface area contributed by atoms with Gasteiger partial charge >= 0.3 is 5.69 Å². The molecule has 3 rings (SSSR count). The van der Waals surface area contributed by atoms with Gasteiger partial charge in [-0.15, -0.1) is 0 Å². The average Bonchev–Trinajstić information content (AvgIpc) is 2.66. The molecule has 0 spiro atoms. The number of aromatic amines is 1. The molecule has 0 atom stereocenters. The van der Waals surface area contributed by atoms with Crippen molar-refractivity contribution < 1.29 is 0 Å². The summed E-state index contributed by atoms with van der Waals surface area (Å²) in [4.78, 5) is 15.2. The van der Waals surface area contributed by atoms with Crippen LogP contribution in [0.25, 0.3) is 11.0 Å². The van der Waals surface area contributed by atoms with Crippen molar-refractivity contribution in [1.82, 2.24) is 14.9 Å². The minimum absolute atomic E-state index is 0.0139. The number of benzene rings is 1. The van der Waals surface area contributed by atoms with Gasteiger partial charge in [0.15, 0.2) is 0 Å². The first kappa shape index (κ1) is 11.5. The van der Waals surface area contributed by atoms with Crippen molar-refractivity contribution in [3.63, 3.8) is 0 Å². The first-order valence-corrected chi connectivity index (χ1v) is 6.53. The fourth-order valence-electron chi connectivity index (χ4n) is 2.94. The molecule has 96 valence electrons. The number of rotatable bonds is 1. The Morgan fingerprint density at radius 3 is 2.72 bits per heavy atom. The smallest absolute Gasteiger partial charge is 0.317 e. The molecular weight excluding hydrogens is 226 g/mol. The van der Waals surface area contributed by atoms with E-state index in [1.165, 1.54) is 5.56 Å². The normalized spacial score (nSPS) is 19.2.